The van der Waals surface area contributed by atoms with Crippen molar-refractivity contribution in [2.45, 2.75) is 80.9 Å². The number of carbonyl (C=O) groups is 1. The molecule has 246 valence electrons. The molecule has 3 aromatic rings. The second kappa shape index (κ2) is 14.8. The molecule has 2 atom stereocenters. The van der Waals surface area contributed by atoms with Crippen LogP contribution < -0.4 is 15.2 Å². The van der Waals surface area contributed by atoms with Crippen LogP contribution in [0, 0.1) is 5.92 Å². The number of benzene rings is 3. The van der Waals surface area contributed by atoms with E-state index in [1.165, 1.54) is 36.4 Å². The van der Waals surface area contributed by atoms with Crippen LogP contribution in [0.5, 0.6) is 11.5 Å². The van der Waals surface area contributed by atoms with E-state index in [1.54, 1.807) is 29.2 Å². The van der Waals surface area contributed by atoms with Gasteiger partial charge in [0, 0.05) is 37.1 Å². The highest BCUT2D eigenvalue weighted by Crippen LogP contribution is 2.32. The summed E-state index contributed by atoms with van der Waals surface area (Å²) in [6.45, 7) is 1.88. The molecular formula is C36H44ClN3O5S. The monoisotopic (exact) mass is 665 g/mol. The van der Waals surface area contributed by atoms with Crippen molar-refractivity contribution in [1.29, 1.82) is 0 Å². The molecule has 0 bridgehead atoms. The van der Waals surface area contributed by atoms with Gasteiger partial charge in [-0.25, -0.2) is 8.42 Å². The molecule has 3 aromatic carbocycles. The Hall–Kier alpha value is -3.11. The minimum Gasteiger partial charge on any atom is -0.493 e. The number of halogens is 1. The number of ether oxygens (including phenoxy) is 2. The maximum absolute atomic E-state index is 14.1. The van der Waals surface area contributed by atoms with Gasteiger partial charge in [0.1, 0.15) is 23.6 Å². The smallest absolute Gasteiger partial charge is 0.243 e. The molecule has 2 N–H and O–H groups in total. The molecule has 0 aromatic heterocycles. The first-order valence-corrected chi connectivity index (χ1v) is 18.4. The molecular weight excluding hydrogens is 622 g/mol. The van der Waals surface area contributed by atoms with Gasteiger partial charge in [-0.3, -0.25) is 4.79 Å². The summed E-state index contributed by atoms with van der Waals surface area (Å²) in [6.07, 6.45) is 7.96. The van der Waals surface area contributed by atoms with Crippen molar-refractivity contribution in [3.63, 3.8) is 0 Å². The van der Waals surface area contributed by atoms with Gasteiger partial charge >= 0.3 is 0 Å². The first kappa shape index (κ1) is 32.8. The zero-order chi connectivity index (χ0) is 32.1. The van der Waals surface area contributed by atoms with Crippen LogP contribution in [0.15, 0.2) is 77.7 Å². The van der Waals surface area contributed by atoms with Gasteiger partial charge in [0.05, 0.1) is 11.5 Å². The second-order valence-electron chi connectivity index (χ2n) is 12.9. The summed E-state index contributed by atoms with van der Waals surface area (Å²) in [5, 5.41) is 0.685. The molecule has 2 aliphatic heterocycles. The minimum atomic E-state index is -3.95. The Morgan fingerprint density at radius 1 is 0.783 bits per heavy atom. The van der Waals surface area contributed by atoms with E-state index in [9.17, 15) is 13.2 Å². The Morgan fingerprint density at radius 3 is 2.04 bits per heavy atom. The van der Waals surface area contributed by atoms with Crippen LogP contribution in [-0.2, 0) is 14.8 Å². The summed E-state index contributed by atoms with van der Waals surface area (Å²) in [5.74, 6) is 1.71. The van der Waals surface area contributed by atoms with E-state index in [4.69, 9.17) is 26.8 Å². The van der Waals surface area contributed by atoms with E-state index in [-0.39, 0.29) is 35.9 Å². The Morgan fingerprint density at radius 2 is 1.39 bits per heavy atom. The predicted molar refractivity (Wildman–Crippen MR) is 181 cm³/mol. The first-order valence-electron chi connectivity index (χ1n) is 16.6. The van der Waals surface area contributed by atoms with Crippen LogP contribution in [0.2, 0.25) is 5.02 Å². The molecule has 46 heavy (non-hydrogen) atoms. The van der Waals surface area contributed by atoms with E-state index in [1.807, 2.05) is 48.5 Å². The van der Waals surface area contributed by atoms with Crippen molar-refractivity contribution in [1.82, 2.24) is 9.21 Å². The van der Waals surface area contributed by atoms with E-state index in [0.29, 0.717) is 61.4 Å². The molecule has 2 saturated heterocycles. The van der Waals surface area contributed by atoms with Crippen molar-refractivity contribution < 1.29 is 22.7 Å². The van der Waals surface area contributed by atoms with Crippen LogP contribution in [0.3, 0.4) is 0 Å². The highest BCUT2D eigenvalue weighted by atomic mass is 35.5. The standard InChI is InChI=1S/C36H44ClN3O5S/c37-29-10-6-27(7-11-29)28-8-12-32(13-9-28)45-33-20-23-40(35(24-33)36(41)39-21-18-30(38)19-22-39)46(42,43)34-16-14-31(15-17-34)44-25-26-4-2-1-3-5-26/h6-17,26,30,33,35H,1-5,18-25,38H2/t33-,35+/m0/s1. The largest absolute Gasteiger partial charge is 0.493 e. The molecule has 8 nitrogen and oxygen atoms in total. The zero-order valence-corrected chi connectivity index (χ0v) is 27.8. The van der Waals surface area contributed by atoms with E-state index >= 15 is 0 Å². The maximum atomic E-state index is 14.1. The number of rotatable bonds is 9. The fourth-order valence-electron chi connectivity index (χ4n) is 6.83. The molecule has 1 amide bonds. The average molecular weight is 666 g/mol. The average Bonchev–Trinajstić information content (AvgIpc) is 3.09. The van der Waals surface area contributed by atoms with Gasteiger partial charge in [0.2, 0.25) is 15.9 Å². The molecule has 6 rings (SSSR count). The van der Waals surface area contributed by atoms with Crippen LogP contribution in [-0.4, -0.2) is 68.0 Å². The Kier molecular flexibility index (Phi) is 10.5. The lowest BCUT2D eigenvalue weighted by molar-refractivity contribution is -0.138. The number of nitrogens with zero attached hydrogens (tertiary/aromatic N) is 2. The molecule has 3 aliphatic rings. The lowest BCUT2D eigenvalue weighted by Crippen LogP contribution is -2.57. The van der Waals surface area contributed by atoms with Gasteiger partial charge in [-0.05, 0) is 97.7 Å². The molecule has 10 heteroatoms. The zero-order valence-electron chi connectivity index (χ0n) is 26.2. The van der Waals surface area contributed by atoms with Crippen molar-refractivity contribution in [3.05, 3.63) is 77.8 Å². The van der Waals surface area contributed by atoms with Gasteiger partial charge in [-0.1, -0.05) is 55.1 Å². The number of carbonyl (C=O) groups excluding carboxylic acids is 1. The molecule has 3 fully saturated rings. The number of likely N-dealkylation sites (tertiary alicyclic amines) is 1. The van der Waals surface area contributed by atoms with Gasteiger partial charge in [0.25, 0.3) is 0 Å². The van der Waals surface area contributed by atoms with Gasteiger partial charge in [-0.2, -0.15) is 4.31 Å². The number of piperidine rings is 2. The fourth-order valence-corrected chi connectivity index (χ4v) is 8.57. The highest BCUT2D eigenvalue weighted by molar-refractivity contribution is 7.89. The van der Waals surface area contributed by atoms with Gasteiger partial charge < -0.3 is 20.1 Å². The number of sulfonamides is 1. The second-order valence-corrected chi connectivity index (χ2v) is 15.2. The SMILES string of the molecule is NC1CCN(C(=O)[C@H]2C[C@@H](Oc3ccc(-c4ccc(Cl)cc4)cc3)CCN2S(=O)(=O)c2ccc(OCC3CCCCC3)cc2)CC1. The number of amides is 1. The lowest BCUT2D eigenvalue weighted by atomic mass is 9.90. The summed E-state index contributed by atoms with van der Waals surface area (Å²) >= 11 is 6.04. The van der Waals surface area contributed by atoms with Crippen molar-refractivity contribution >= 4 is 27.5 Å². The van der Waals surface area contributed by atoms with Crippen LogP contribution in [0.4, 0.5) is 0 Å². The molecule has 1 saturated carbocycles. The quantitative estimate of drug-likeness (QED) is 0.279. The third kappa shape index (κ3) is 7.88. The summed E-state index contributed by atoms with van der Waals surface area (Å²) in [6, 6.07) is 21.3. The van der Waals surface area contributed by atoms with Crippen LogP contribution in [0.25, 0.3) is 11.1 Å². The van der Waals surface area contributed by atoms with Crippen molar-refractivity contribution in [2.24, 2.45) is 11.7 Å². The Balaban J connectivity index is 1.16. The van der Waals surface area contributed by atoms with E-state index in [2.05, 4.69) is 0 Å². The Bertz CT molecular complexity index is 1550. The molecule has 0 unspecified atom stereocenters. The van der Waals surface area contributed by atoms with Crippen molar-refractivity contribution in [3.8, 4) is 22.6 Å². The summed E-state index contributed by atoms with van der Waals surface area (Å²) < 4.78 is 41.9. The summed E-state index contributed by atoms with van der Waals surface area (Å²) in [5.41, 5.74) is 8.19. The third-order valence-corrected chi connectivity index (χ3v) is 11.8. The van der Waals surface area contributed by atoms with Gasteiger partial charge in [0.15, 0.2) is 0 Å². The normalized spacial score (nSPS) is 22.0. The first-order chi connectivity index (χ1) is 22.3. The van der Waals surface area contributed by atoms with Crippen molar-refractivity contribution in [2.75, 3.05) is 26.2 Å². The molecule has 1 aliphatic carbocycles. The van der Waals surface area contributed by atoms with E-state index < -0.39 is 16.1 Å². The lowest BCUT2D eigenvalue weighted by Gasteiger charge is -2.41. The summed E-state index contributed by atoms with van der Waals surface area (Å²) in [7, 11) is -3.95. The maximum Gasteiger partial charge on any atom is 0.243 e. The van der Waals surface area contributed by atoms with Crippen LogP contribution >= 0.6 is 11.6 Å². The number of hydrogen-bond acceptors (Lipinski definition) is 6. The number of hydrogen-bond donors (Lipinski definition) is 1. The molecule has 2 heterocycles. The predicted octanol–water partition coefficient (Wildman–Crippen LogP) is 6.52. The summed E-state index contributed by atoms with van der Waals surface area (Å²) in [4.78, 5) is 15.9. The Labute approximate surface area is 277 Å². The molecule has 0 spiro atoms. The fraction of sp³-hybridized carbons (Fsp3) is 0.472. The molecule has 0 radical (unpaired) electrons. The van der Waals surface area contributed by atoms with Crippen LogP contribution in [0.1, 0.15) is 57.8 Å². The van der Waals surface area contributed by atoms with Gasteiger partial charge in [-0.15, -0.1) is 0 Å². The minimum absolute atomic E-state index is 0.0565. The third-order valence-electron chi connectivity index (χ3n) is 9.62. The number of nitrogens with two attached hydrogens (primary N) is 1. The van der Waals surface area contributed by atoms with E-state index in [0.717, 1.165) is 11.1 Å². The topological polar surface area (TPSA) is 102 Å². The highest BCUT2D eigenvalue weighted by Gasteiger charge is 2.43.